The molecular weight excluding hydrogens is 394 g/mol. The number of amides is 1. The number of sulfonamides is 1. The second-order valence-corrected chi connectivity index (χ2v) is 7.89. The lowest BCUT2D eigenvalue weighted by atomic mass is 10.2. The quantitative estimate of drug-likeness (QED) is 0.470. The predicted octanol–water partition coefficient (Wildman–Crippen LogP) is 3.96. The maximum atomic E-state index is 12.5. The number of benzene rings is 3. The molecule has 148 valence electrons. The summed E-state index contributed by atoms with van der Waals surface area (Å²) < 4.78 is 27.6. The third-order valence-electron chi connectivity index (χ3n) is 4.15. The first kappa shape index (κ1) is 20.0. The monoisotopic (exact) mass is 411 g/mol. The van der Waals surface area contributed by atoms with Crippen LogP contribution in [0.3, 0.4) is 0 Å². The number of nitrogens with zero attached hydrogens (tertiary/aromatic N) is 1. The number of aryl methyl sites for hydroxylation is 1. The van der Waals surface area contributed by atoms with Gasteiger partial charge in [-0.15, -0.1) is 0 Å². The fourth-order valence-corrected chi connectivity index (χ4v) is 3.68. The van der Waals surface area contributed by atoms with E-state index in [0.29, 0.717) is 11.4 Å². The van der Waals surface area contributed by atoms with Crippen LogP contribution in [0.4, 0.5) is 17.1 Å². The Hall–Kier alpha value is -3.72. The topological polar surface area (TPSA) is 118 Å². The Morgan fingerprint density at radius 1 is 0.931 bits per heavy atom. The molecule has 0 aliphatic heterocycles. The van der Waals surface area contributed by atoms with Gasteiger partial charge in [-0.2, -0.15) is 0 Å². The van der Waals surface area contributed by atoms with Crippen LogP contribution in [0.25, 0.3) is 0 Å². The summed E-state index contributed by atoms with van der Waals surface area (Å²) in [5, 5.41) is 13.3. The van der Waals surface area contributed by atoms with E-state index in [-0.39, 0.29) is 16.1 Å². The largest absolute Gasteiger partial charge is 0.322 e. The zero-order valence-corrected chi connectivity index (χ0v) is 16.1. The first-order valence-electron chi connectivity index (χ1n) is 8.50. The molecule has 0 radical (unpaired) electrons. The van der Waals surface area contributed by atoms with Crippen molar-refractivity contribution in [3.8, 4) is 0 Å². The van der Waals surface area contributed by atoms with Gasteiger partial charge in [-0.1, -0.05) is 18.2 Å². The van der Waals surface area contributed by atoms with Crippen LogP contribution < -0.4 is 10.0 Å². The second kappa shape index (κ2) is 8.11. The molecule has 0 aliphatic rings. The number of para-hydroxylation sites is 1. The summed E-state index contributed by atoms with van der Waals surface area (Å²) in [4.78, 5) is 22.4. The predicted molar refractivity (Wildman–Crippen MR) is 109 cm³/mol. The maximum Gasteiger partial charge on any atom is 0.269 e. The highest BCUT2D eigenvalue weighted by atomic mass is 32.2. The van der Waals surface area contributed by atoms with Crippen molar-refractivity contribution in [2.75, 3.05) is 10.0 Å². The number of nitrogens with one attached hydrogen (secondary N) is 2. The first-order chi connectivity index (χ1) is 13.8. The molecule has 2 N–H and O–H groups in total. The van der Waals surface area contributed by atoms with Crippen molar-refractivity contribution in [1.82, 2.24) is 0 Å². The van der Waals surface area contributed by atoms with Gasteiger partial charge in [0.2, 0.25) is 0 Å². The highest BCUT2D eigenvalue weighted by Crippen LogP contribution is 2.21. The molecule has 0 unspecified atom stereocenters. The molecule has 3 rings (SSSR count). The average molecular weight is 411 g/mol. The molecule has 3 aromatic carbocycles. The van der Waals surface area contributed by atoms with Gasteiger partial charge in [-0.3, -0.25) is 19.6 Å². The molecule has 0 atom stereocenters. The summed E-state index contributed by atoms with van der Waals surface area (Å²) >= 11 is 0. The molecule has 8 nitrogen and oxygen atoms in total. The van der Waals surface area contributed by atoms with Gasteiger partial charge in [0.05, 0.1) is 15.5 Å². The third-order valence-corrected chi connectivity index (χ3v) is 5.53. The highest BCUT2D eigenvalue weighted by Gasteiger charge is 2.16. The minimum Gasteiger partial charge on any atom is -0.322 e. The van der Waals surface area contributed by atoms with E-state index in [2.05, 4.69) is 10.0 Å². The van der Waals surface area contributed by atoms with Gasteiger partial charge in [-0.05, 0) is 55.0 Å². The maximum absolute atomic E-state index is 12.5. The normalized spacial score (nSPS) is 10.9. The van der Waals surface area contributed by atoms with Crippen LogP contribution in [0.1, 0.15) is 15.9 Å². The van der Waals surface area contributed by atoms with Gasteiger partial charge in [0, 0.05) is 23.4 Å². The Morgan fingerprint density at radius 2 is 1.55 bits per heavy atom. The molecule has 0 bridgehead atoms. The standard InChI is InChI=1S/C20H17N3O5S/c1-14-4-2-3-5-19(14)22-29(27,28)18-12-8-16(9-13-18)21-20(24)15-6-10-17(11-7-15)23(25)26/h2-13,22H,1H3,(H,21,24). The molecule has 0 fully saturated rings. The lowest BCUT2D eigenvalue weighted by molar-refractivity contribution is -0.384. The summed E-state index contributed by atoms with van der Waals surface area (Å²) in [5.74, 6) is -0.464. The van der Waals surface area contributed by atoms with Gasteiger partial charge >= 0.3 is 0 Å². The Kier molecular flexibility index (Phi) is 5.60. The number of carbonyl (C=O) groups excluding carboxylic acids is 1. The molecular formula is C20H17N3O5S. The molecule has 0 spiro atoms. The van der Waals surface area contributed by atoms with E-state index in [4.69, 9.17) is 0 Å². The molecule has 0 saturated carbocycles. The Bertz CT molecular complexity index is 1160. The number of hydrogen-bond donors (Lipinski definition) is 2. The van der Waals surface area contributed by atoms with Gasteiger partial charge in [0.15, 0.2) is 0 Å². The summed E-state index contributed by atoms with van der Waals surface area (Å²) in [7, 11) is -3.77. The van der Waals surface area contributed by atoms with Gasteiger partial charge in [0.25, 0.3) is 21.6 Å². The molecule has 0 aromatic heterocycles. The van der Waals surface area contributed by atoms with Gasteiger partial charge in [-0.25, -0.2) is 8.42 Å². The minimum absolute atomic E-state index is 0.0501. The Labute approximate surface area is 167 Å². The fourth-order valence-electron chi connectivity index (χ4n) is 2.55. The van der Waals surface area contributed by atoms with E-state index in [9.17, 15) is 23.3 Å². The number of hydrogen-bond acceptors (Lipinski definition) is 5. The lowest BCUT2D eigenvalue weighted by Gasteiger charge is -2.11. The van der Waals surface area contributed by atoms with Crippen molar-refractivity contribution in [3.05, 3.63) is 94.0 Å². The van der Waals surface area contributed by atoms with Crippen LogP contribution >= 0.6 is 0 Å². The molecule has 29 heavy (non-hydrogen) atoms. The first-order valence-corrected chi connectivity index (χ1v) is 9.99. The van der Waals surface area contributed by atoms with Gasteiger partial charge < -0.3 is 5.32 Å². The fraction of sp³-hybridized carbons (Fsp3) is 0.0500. The van der Waals surface area contributed by atoms with Crippen LogP contribution in [0.5, 0.6) is 0 Å². The molecule has 0 heterocycles. The minimum atomic E-state index is -3.77. The van der Waals surface area contributed by atoms with E-state index in [1.807, 2.05) is 6.07 Å². The van der Waals surface area contributed by atoms with Crippen molar-refractivity contribution >= 4 is 33.0 Å². The number of nitro groups is 1. The lowest BCUT2D eigenvalue weighted by Crippen LogP contribution is -2.14. The number of anilines is 2. The smallest absolute Gasteiger partial charge is 0.269 e. The highest BCUT2D eigenvalue weighted by molar-refractivity contribution is 7.92. The molecule has 0 aliphatic carbocycles. The van der Waals surface area contributed by atoms with E-state index in [1.165, 1.54) is 48.5 Å². The molecule has 9 heteroatoms. The van der Waals surface area contributed by atoms with E-state index in [0.717, 1.165) is 5.56 Å². The number of carbonyl (C=O) groups is 1. The second-order valence-electron chi connectivity index (χ2n) is 6.20. The van der Waals surface area contributed by atoms with E-state index in [1.54, 1.807) is 25.1 Å². The van der Waals surface area contributed by atoms with Crippen LogP contribution in [-0.2, 0) is 10.0 Å². The van der Waals surface area contributed by atoms with Crippen molar-refractivity contribution in [1.29, 1.82) is 0 Å². The summed E-state index contributed by atoms with van der Waals surface area (Å²) in [6.45, 7) is 1.80. The van der Waals surface area contributed by atoms with Crippen molar-refractivity contribution in [2.24, 2.45) is 0 Å². The van der Waals surface area contributed by atoms with Crippen molar-refractivity contribution < 1.29 is 18.1 Å². The molecule has 0 saturated heterocycles. The third kappa shape index (κ3) is 4.77. The summed E-state index contributed by atoms with van der Waals surface area (Å²) in [6, 6.07) is 17.9. The number of rotatable bonds is 6. The van der Waals surface area contributed by atoms with Crippen molar-refractivity contribution in [3.63, 3.8) is 0 Å². The summed E-state index contributed by atoms with van der Waals surface area (Å²) in [5.41, 5.74) is 1.81. The van der Waals surface area contributed by atoms with E-state index >= 15 is 0 Å². The zero-order chi connectivity index (χ0) is 21.0. The summed E-state index contributed by atoms with van der Waals surface area (Å²) in [6.07, 6.45) is 0. The van der Waals surface area contributed by atoms with Gasteiger partial charge in [0.1, 0.15) is 0 Å². The zero-order valence-electron chi connectivity index (χ0n) is 15.3. The van der Waals surface area contributed by atoms with E-state index < -0.39 is 20.9 Å². The van der Waals surface area contributed by atoms with Crippen LogP contribution in [0, 0.1) is 17.0 Å². The average Bonchev–Trinajstić information content (AvgIpc) is 2.70. The number of non-ortho nitro benzene ring substituents is 1. The molecule has 1 amide bonds. The Morgan fingerprint density at radius 3 is 2.14 bits per heavy atom. The van der Waals surface area contributed by atoms with Crippen LogP contribution in [0.15, 0.2) is 77.7 Å². The SMILES string of the molecule is Cc1ccccc1NS(=O)(=O)c1ccc(NC(=O)c2ccc([N+](=O)[O-])cc2)cc1. The van der Waals surface area contributed by atoms with Crippen molar-refractivity contribution in [2.45, 2.75) is 11.8 Å². The Balaban J connectivity index is 1.71. The van der Waals surface area contributed by atoms with Crippen LogP contribution in [-0.4, -0.2) is 19.2 Å². The number of nitro benzene ring substituents is 1. The molecule has 3 aromatic rings. The van der Waals surface area contributed by atoms with Crippen LogP contribution in [0.2, 0.25) is 0 Å².